The van der Waals surface area contributed by atoms with Crippen LogP contribution in [0.2, 0.25) is 0 Å². The van der Waals surface area contributed by atoms with Crippen LogP contribution in [0.3, 0.4) is 0 Å². The van der Waals surface area contributed by atoms with E-state index in [4.69, 9.17) is 9.47 Å². The third-order valence-corrected chi connectivity index (χ3v) is 4.28. The predicted molar refractivity (Wildman–Crippen MR) is 77.2 cm³/mol. The second-order valence-corrected chi connectivity index (χ2v) is 5.82. The van der Waals surface area contributed by atoms with E-state index in [1.807, 2.05) is 13.1 Å². The molecule has 8 heteroatoms. The Bertz CT molecular complexity index is 604. The minimum Gasteiger partial charge on any atom is -0.454 e. The molecule has 1 aromatic heterocycles. The van der Waals surface area contributed by atoms with Crippen molar-refractivity contribution in [2.75, 3.05) is 19.1 Å². The molecule has 0 bridgehead atoms. The Balaban J connectivity index is 1.34. The SMILES string of the molecule is Cn1nnnc1SCCC[NH2+]Cc1ccc2c(c1)OCO2. The first-order valence-electron chi connectivity index (χ1n) is 6.88. The van der Waals surface area contributed by atoms with Crippen molar-refractivity contribution in [3.63, 3.8) is 0 Å². The third kappa shape index (κ3) is 3.64. The summed E-state index contributed by atoms with van der Waals surface area (Å²) in [7, 11) is 1.86. The Hall–Kier alpha value is -1.80. The Kier molecular flexibility index (Phi) is 4.56. The smallest absolute Gasteiger partial charge is 0.231 e. The summed E-state index contributed by atoms with van der Waals surface area (Å²) < 4.78 is 12.4. The quantitative estimate of drug-likeness (QED) is 0.581. The molecule has 112 valence electrons. The van der Waals surface area contributed by atoms with Crippen LogP contribution in [0.15, 0.2) is 23.4 Å². The zero-order valence-corrected chi connectivity index (χ0v) is 12.7. The van der Waals surface area contributed by atoms with Crippen molar-refractivity contribution in [2.45, 2.75) is 18.1 Å². The largest absolute Gasteiger partial charge is 0.454 e. The van der Waals surface area contributed by atoms with E-state index in [0.29, 0.717) is 6.79 Å². The average Bonchev–Trinajstić information content (AvgIpc) is 3.11. The molecule has 0 saturated heterocycles. The van der Waals surface area contributed by atoms with Gasteiger partial charge in [0.05, 0.1) is 6.54 Å². The first-order chi connectivity index (χ1) is 10.3. The lowest BCUT2D eigenvalue weighted by Crippen LogP contribution is -2.82. The lowest BCUT2D eigenvalue weighted by atomic mass is 10.2. The summed E-state index contributed by atoms with van der Waals surface area (Å²) in [5, 5.41) is 14.5. The Morgan fingerprint density at radius 2 is 2.24 bits per heavy atom. The van der Waals surface area contributed by atoms with Gasteiger partial charge in [0.25, 0.3) is 0 Å². The maximum Gasteiger partial charge on any atom is 0.231 e. The Labute approximate surface area is 127 Å². The van der Waals surface area contributed by atoms with E-state index in [1.165, 1.54) is 5.56 Å². The fraction of sp³-hybridized carbons (Fsp3) is 0.462. The van der Waals surface area contributed by atoms with Gasteiger partial charge in [0.1, 0.15) is 6.54 Å². The van der Waals surface area contributed by atoms with Crippen LogP contribution in [0.1, 0.15) is 12.0 Å². The van der Waals surface area contributed by atoms with Gasteiger partial charge in [-0.1, -0.05) is 11.8 Å². The molecule has 0 fully saturated rings. The molecular weight excluding hydrogens is 290 g/mol. The topological polar surface area (TPSA) is 78.7 Å². The van der Waals surface area contributed by atoms with E-state index in [-0.39, 0.29) is 0 Å². The average molecular weight is 308 g/mol. The maximum absolute atomic E-state index is 5.38. The summed E-state index contributed by atoms with van der Waals surface area (Å²) in [4.78, 5) is 0. The molecule has 2 aromatic rings. The highest BCUT2D eigenvalue weighted by molar-refractivity contribution is 7.99. The maximum atomic E-state index is 5.38. The van der Waals surface area contributed by atoms with Gasteiger partial charge < -0.3 is 14.8 Å². The van der Waals surface area contributed by atoms with Crippen LogP contribution in [-0.4, -0.2) is 39.3 Å². The molecule has 0 saturated carbocycles. The van der Waals surface area contributed by atoms with Gasteiger partial charge >= 0.3 is 0 Å². The summed E-state index contributed by atoms with van der Waals surface area (Å²) in [6.07, 6.45) is 1.11. The molecule has 0 spiro atoms. The summed E-state index contributed by atoms with van der Waals surface area (Å²) in [6.45, 7) is 2.36. The molecule has 2 heterocycles. The van der Waals surface area contributed by atoms with Crippen LogP contribution >= 0.6 is 11.8 Å². The normalized spacial score (nSPS) is 12.8. The molecule has 3 rings (SSSR count). The fourth-order valence-electron chi connectivity index (χ4n) is 2.07. The number of tetrazole rings is 1. The van der Waals surface area contributed by atoms with Crippen molar-refractivity contribution in [1.82, 2.24) is 20.2 Å². The summed E-state index contributed by atoms with van der Waals surface area (Å²) >= 11 is 1.69. The van der Waals surface area contributed by atoms with Gasteiger partial charge in [-0.3, -0.25) is 0 Å². The minimum absolute atomic E-state index is 0.330. The lowest BCUT2D eigenvalue weighted by Gasteiger charge is -2.03. The number of nitrogens with zero attached hydrogens (tertiary/aromatic N) is 4. The molecule has 0 amide bonds. The van der Waals surface area contributed by atoms with E-state index in [1.54, 1.807) is 16.4 Å². The summed E-state index contributed by atoms with van der Waals surface area (Å²) in [6, 6.07) is 6.12. The number of nitrogens with two attached hydrogens (primary N) is 1. The highest BCUT2D eigenvalue weighted by Crippen LogP contribution is 2.32. The van der Waals surface area contributed by atoms with E-state index in [2.05, 4.69) is 33.0 Å². The van der Waals surface area contributed by atoms with Crippen LogP contribution < -0.4 is 14.8 Å². The second-order valence-electron chi connectivity index (χ2n) is 4.76. The number of quaternary nitrogens is 1. The van der Waals surface area contributed by atoms with Crippen LogP contribution in [0.5, 0.6) is 11.5 Å². The summed E-state index contributed by atoms with van der Waals surface area (Å²) in [5.41, 5.74) is 1.25. The van der Waals surface area contributed by atoms with Crippen LogP contribution in [0.25, 0.3) is 0 Å². The standard InChI is InChI=1S/C13H17N5O2S/c1-18-13(15-16-17-18)21-6-2-5-14-8-10-3-4-11-12(7-10)20-9-19-11/h3-4,7,14H,2,5-6,8-9H2,1H3/p+1. The summed E-state index contributed by atoms with van der Waals surface area (Å²) in [5.74, 6) is 2.71. The van der Waals surface area contributed by atoms with E-state index < -0.39 is 0 Å². The molecule has 0 radical (unpaired) electrons. The number of thioether (sulfide) groups is 1. The van der Waals surface area contributed by atoms with E-state index in [9.17, 15) is 0 Å². The Morgan fingerprint density at radius 1 is 1.33 bits per heavy atom. The number of aryl methyl sites for hydroxylation is 1. The van der Waals surface area contributed by atoms with Crippen molar-refractivity contribution in [3.8, 4) is 11.5 Å². The highest BCUT2D eigenvalue weighted by Gasteiger charge is 2.13. The van der Waals surface area contributed by atoms with Crippen molar-refractivity contribution >= 4 is 11.8 Å². The van der Waals surface area contributed by atoms with Crippen molar-refractivity contribution in [1.29, 1.82) is 0 Å². The fourth-order valence-corrected chi connectivity index (χ4v) is 2.88. The van der Waals surface area contributed by atoms with Gasteiger partial charge in [-0.2, -0.15) is 0 Å². The molecule has 0 aliphatic carbocycles. The molecule has 21 heavy (non-hydrogen) atoms. The van der Waals surface area contributed by atoms with Gasteiger partial charge in [0.2, 0.25) is 11.9 Å². The first-order valence-corrected chi connectivity index (χ1v) is 7.87. The van der Waals surface area contributed by atoms with Gasteiger partial charge in [0.15, 0.2) is 11.5 Å². The molecule has 7 nitrogen and oxygen atoms in total. The number of aromatic nitrogens is 4. The second kappa shape index (κ2) is 6.77. The number of fused-ring (bicyclic) bond motifs is 1. The molecule has 1 aliphatic heterocycles. The van der Waals surface area contributed by atoms with Crippen LogP contribution in [0.4, 0.5) is 0 Å². The number of rotatable bonds is 7. The molecule has 0 atom stereocenters. The van der Waals surface area contributed by atoms with Gasteiger partial charge in [-0.25, -0.2) is 4.68 Å². The first kappa shape index (κ1) is 14.2. The third-order valence-electron chi connectivity index (χ3n) is 3.18. The number of ether oxygens (including phenoxy) is 2. The zero-order chi connectivity index (χ0) is 14.5. The van der Waals surface area contributed by atoms with Gasteiger partial charge in [0, 0.05) is 24.8 Å². The monoisotopic (exact) mass is 308 g/mol. The number of hydrogen-bond donors (Lipinski definition) is 1. The number of hydrogen-bond acceptors (Lipinski definition) is 6. The molecule has 0 unspecified atom stereocenters. The van der Waals surface area contributed by atoms with E-state index in [0.717, 1.165) is 41.9 Å². The highest BCUT2D eigenvalue weighted by atomic mass is 32.2. The van der Waals surface area contributed by atoms with Gasteiger partial charge in [-0.15, -0.1) is 5.10 Å². The van der Waals surface area contributed by atoms with Crippen molar-refractivity contribution < 1.29 is 14.8 Å². The lowest BCUT2D eigenvalue weighted by molar-refractivity contribution is -0.670. The van der Waals surface area contributed by atoms with Crippen LogP contribution in [-0.2, 0) is 13.6 Å². The van der Waals surface area contributed by atoms with Crippen molar-refractivity contribution in [2.24, 2.45) is 7.05 Å². The van der Waals surface area contributed by atoms with Crippen molar-refractivity contribution in [3.05, 3.63) is 23.8 Å². The zero-order valence-electron chi connectivity index (χ0n) is 11.9. The van der Waals surface area contributed by atoms with Crippen LogP contribution in [0, 0.1) is 0 Å². The molecule has 1 aromatic carbocycles. The Morgan fingerprint density at radius 3 is 3.10 bits per heavy atom. The molecule has 2 N–H and O–H groups in total. The molecule has 1 aliphatic rings. The van der Waals surface area contributed by atoms with E-state index >= 15 is 0 Å². The predicted octanol–water partition coefficient (Wildman–Crippen LogP) is 0.185. The molecular formula is C13H18N5O2S+. The minimum atomic E-state index is 0.330. The number of benzene rings is 1. The van der Waals surface area contributed by atoms with Gasteiger partial charge in [-0.05, 0) is 28.6 Å².